The van der Waals surface area contributed by atoms with E-state index in [1.165, 1.54) is 0 Å². The highest BCUT2D eigenvalue weighted by molar-refractivity contribution is 7.91. The molecule has 1 atom stereocenters. The van der Waals surface area contributed by atoms with Crippen LogP contribution in [0, 0.1) is 5.92 Å². The van der Waals surface area contributed by atoms with E-state index in [0.29, 0.717) is 24.5 Å². The topological polar surface area (TPSA) is 106 Å². The van der Waals surface area contributed by atoms with Gasteiger partial charge in [0.05, 0.1) is 29.5 Å². The van der Waals surface area contributed by atoms with Gasteiger partial charge in [0.25, 0.3) is 0 Å². The van der Waals surface area contributed by atoms with Crippen molar-refractivity contribution >= 4 is 19.9 Å². The molecule has 124 valence electrons. The zero-order valence-electron chi connectivity index (χ0n) is 12.2. The van der Waals surface area contributed by atoms with Crippen LogP contribution in [0.1, 0.15) is 43.1 Å². The Morgan fingerprint density at radius 3 is 2.73 bits per heavy atom. The molecule has 9 heteroatoms. The second-order valence-corrected chi connectivity index (χ2v) is 10.3. The van der Waals surface area contributed by atoms with Crippen molar-refractivity contribution in [3.8, 4) is 0 Å². The van der Waals surface area contributed by atoms with Crippen molar-refractivity contribution in [1.82, 2.24) is 9.88 Å². The molecule has 0 bridgehead atoms. The number of sulfone groups is 1. The Morgan fingerprint density at radius 1 is 1.32 bits per heavy atom. The van der Waals surface area contributed by atoms with Gasteiger partial charge in [-0.1, -0.05) is 5.16 Å². The van der Waals surface area contributed by atoms with Crippen LogP contribution in [0.3, 0.4) is 0 Å². The van der Waals surface area contributed by atoms with E-state index in [4.69, 9.17) is 4.52 Å². The molecule has 22 heavy (non-hydrogen) atoms. The molecule has 1 aromatic rings. The minimum absolute atomic E-state index is 0.0462. The molecular formula is C13H20N2O5S2. The quantitative estimate of drug-likeness (QED) is 0.781. The zero-order valence-corrected chi connectivity index (χ0v) is 13.8. The van der Waals surface area contributed by atoms with Crippen LogP contribution >= 0.6 is 0 Å². The standard InChI is InChI=1S/C13H20N2O5S2/c16-21(17)5-3-10(9-21)4-6-22(18,19)14-8-12-7-13(20-15-12)11-1-2-11/h7,10-11,14H,1-6,8-9H2. The van der Waals surface area contributed by atoms with Gasteiger partial charge in [0, 0.05) is 12.0 Å². The Morgan fingerprint density at radius 2 is 2.09 bits per heavy atom. The molecule has 1 aliphatic heterocycles. The lowest BCUT2D eigenvalue weighted by molar-refractivity contribution is 0.377. The highest BCUT2D eigenvalue weighted by atomic mass is 32.2. The van der Waals surface area contributed by atoms with E-state index in [0.717, 1.165) is 18.6 Å². The Kier molecular flexibility index (Phi) is 4.30. The fourth-order valence-corrected chi connectivity index (χ4v) is 5.72. The smallest absolute Gasteiger partial charge is 0.211 e. The number of nitrogens with one attached hydrogen (secondary N) is 1. The summed E-state index contributed by atoms with van der Waals surface area (Å²) in [4.78, 5) is 0. The Balaban J connectivity index is 1.46. The summed E-state index contributed by atoms with van der Waals surface area (Å²) in [5, 5.41) is 3.86. The third-order valence-electron chi connectivity index (χ3n) is 4.15. The summed E-state index contributed by atoms with van der Waals surface area (Å²) in [7, 11) is -6.38. The maximum atomic E-state index is 12.0. The molecule has 7 nitrogen and oxygen atoms in total. The number of sulfonamides is 1. The summed E-state index contributed by atoms with van der Waals surface area (Å²) in [6.45, 7) is 0.113. The van der Waals surface area contributed by atoms with Gasteiger partial charge >= 0.3 is 0 Å². The molecule has 0 spiro atoms. The van der Waals surface area contributed by atoms with E-state index in [-0.39, 0.29) is 29.7 Å². The fraction of sp³-hybridized carbons (Fsp3) is 0.769. The molecule has 1 unspecified atom stereocenters. The van der Waals surface area contributed by atoms with Crippen LogP contribution in [-0.2, 0) is 26.4 Å². The third kappa shape index (κ3) is 4.30. The van der Waals surface area contributed by atoms with Crippen molar-refractivity contribution in [2.45, 2.75) is 38.1 Å². The lowest BCUT2D eigenvalue weighted by atomic mass is 10.1. The van der Waals surface area contributed by atoms with E-state index < -0.39 is 19.9 Å². The van der Waals surface area contributed by atoms with E-state index in [9.17, 15) is 16.8 Å². The molecule has 1 aromatic heterocycles. The number of hydrogen-bond acceptors (Lipinski definition) is 6. The van der Waals surface area contributed by atoms with Gasteiger partial charge in [-0.15, -0.1) is 0 Å². The molecule has 1 saturated carbocycles. The molecule has 2 heterocycles. The first-order chi connectivity index (χ1) is 10.3. The van der Waals surface area contributed by atoms with Crippen LogP contribution in [0.25, 0.3) is 0 Å². The van der Waals surface area contributed by atoms with Gasteiger partial charge in [-0.3, -0.25) is 0 Å². The van der Waals surface area contributed by atoms with Gasteiger partial charge in [0.15, 0.2) is 9.84 Å². The monoisotopic (exact) mass is 348 g/mol. The van der Waals surface area contributed by atoms with Crippen molar-refractivity contribution in [2.24, 2.45) is 5.92 Å². The van der Waals surface area contributed by atoms with E-state index in [1.54, 1.807) is 6.07 Å². The van der Waals surface area contributed by atoms with Crippen molar-refractivity contribution < 1.29 is 21.4 Å². The third-order valence-corrected chi connectivity index (χ3v) is 7.35. The van der Waals surface area contributed by atoms with Crippen LogP contribution in [0.2, 0.25) is 0 Å². The summed E-state index contributed by atoms with van der Waals surface area (Å²) in [5.41, 5.74) is 0.578. The first kappa shape index (κ1) is 15.9. The molecule has 0 amide bonds. The van der Waals surface area contributed by atoms with E-state index >= 15 is 0 Å². The van der Waals surface area contributed by atoms with Gasteiger partial charge in [-0.25, -0.2) is 21.6 Å². The minimum atomic E-state index is -3.43. The van der Waals surface area contributed by atoms with E-state index in [1.807, 2.05) is 0 Å². The maximum absolute atomic E-state index is 12.0. The molecule has 1 saturated heterocycles. The van der Waals surface area contributed by atoms with Crippen molar-refractivity contribution in [1.29, 1.82) is 0 Å². The van der Waals surface area contributed by atoms with Crippen LogP contribution in [0.4, 0.5) is 0 Å². The average molecular weight is 348 g/mol. The largest absolute Gasteiger partial charge is 0.361 e. The number of nitrogens with zero attached hydrogens (tertiary/aromatic N) is 1. The lowest BCUT2D eigenvalue weighted by Gasteiger charge is -2.08. The molecule has 2 aliphatic rings. The van der Waals surface area contributed by atoms with Crippen molar-refractivity contribution in [3.63, 3.8) is 0 Å². The fourth-order valence-electron chi connectivity index (χ4n) is 2.65. The molecule has 1 aliphatic carbocycles. The van der Waals surface area contributed by atoms with Crippen molar-refractivity contribution in [2.75, 3.05) is 17.3 Å². The van der Waals surface area contributed by atoms with Gasteiger partial charge in [0.1, 0.15) is 5.76 Å². The average Bonchev–Trinajstić information content (AvgIpc) is 3.08. The summed E-state index contributed by atoms with van der Waals surface area (Å²) in [5.74, 6) is 1.45. The molecule has 0 aromatic carbocycles. The molecule has 3 rings (SSSR count). The molecule has 0 radical (unpaired) electrons. The van der Waals surface area contributed by atoms with Gasteiger partial charge in [-0.2, -0.15) is 0 Å². The molecular weight excluding hydrogens is 328 g/mol. The van der Waals surface area contributed by atoms with Gasteiger partial charge in [-0.05, 0) is 31.6 Å². The summed E-state index contributed by atoms with van der Waals surface area (Å²) < 4.78 is 54.3. The normalized spacial score (nSPS) is 24.6. The predicted molar refractivity (Wildman–Crippen MR) is 80.5 cm³/mol. The maximum Gasteiger partial charge on any atom is 0.211 e. The SMILES string of the molecule is O=S1(=O)CCC(CCS(=O)(=O)NCc2cc(C3CC3)on2)C1. The number of aromatic nitrogens is 1. The van der Waals surface area contributed by atoms with Crippen LogP contribution in [0.15, 0.2) is 10.6 Å². The van der Waals surface area contributed by atoms with E-state index in [2.05, 4.69) is 9.88 Å². The summed E-state index contributed by atoms with van der Waals surface area (Å²) in [6.07, 6.45) is 3.14. The summed E-state index contributed by atoms with van der Waals surface area (Å²) in [6, 6.07) is 1.80. The predicted octanol–water partition coefficient (Wildman–Crippen LogP) is 0.796. The Labute approximate surface area is 130 Å². The lowest BCUT2D eigenvalue weighted by Crippen LogP contribution is -2.27. The molecule has 2 fully saturated rings. The van der Waals surface area contributed by atoms with Gasteiger partial charge < -0.3 is 4.52 Å². The molecule has 1 N–H and O–H groups in total. The number of rotatable bonds is 7. The first-order valence-electron chi connectivity index (χ1n) is 7.46. The second-order valence-electron chi connectivity index (χ2n) is 6.19. The van der Waals surface area contributed by atoms with Crippen LogP contribution < -0.4 is 4.72 Å². The Hall–Kier alpha value is -0.930. The minimum Gasteiger partial charge on any atom is -0.361 e. The highest BCUT2D eigenvalue weighted by Gasteiger charge is 2.29. The highest BCUT2D eigenvalue weighted by Crippen LogP contribution is 2.40. The van der Waals surface area contributed by atoms with Gasteiger partial charge in [0.2, 0.25) is 10.0 Å². The zero-order chi connectivity index (χ0) is 15.8. The van der Waals surface area contributed by atoms with Crippen molar-refractivity contribution in [3.05, 3.63) is 17.5 Å². The Bertz CT molecular complexity index is 734. The second kappa shape index (κ2) is 5.93. The number of hydrogen-bond donors (Lipinski definition) is 1. The summed E-state index contributed by atoms with van der Waals surface area (Å²) >= 11 is 0. The van der Waals surface area contributed by atoms with Crippen LogP contribution in [0.5, 0.6) is 0 Å². The first-order valence-corrected chi connectivity index (χ1v) is 10.9. The van der Waals surface area contributed by atoms with Crippen LogP contribution in [-0.4, -0.2) is 39.3 Å².